The molecule has 1 saturated carbocycles. The fraction of sp³-hybridized carbons (Fsp3) is 0.938. The number of nitrogens with two attached hydrogens (primary N) is 1. The summed E-state index contributed by atoms with van der Waals surface area (Å²) in [4.78, 5) is 11.9. The summed E-state index contributed by atoms with van der Waals surface area (Å²) < 4.78 is 0. The number of hydrogen-bond acceptors (Lipinski definition) is 2. The van der Waals surface area contributed by atoms with E-state index < -0.39 is 5.54 Å². The fourth-order valence-corrected chi connectivity index (χ4v) is 3.22. The molecule has 0 aromatic heterocycles. The first-order chi connectivity index (χ1) is 8.77. The second kappa shape index (κ2) is 6.25. The van der Waals surface area contributed by atoms with Crippen LogP contribution in [0, 0.1) is 11.3 Å². The number of carbonyl (C=O) groups is 1. The summed E-state index contributed by atoms with van der Waals surface area (Å²) in [6.07, 6.45) is 6.21. The lowest BCUT2D eigenvalue weighted by molar-refractivity contribution is -0.127. The summed E-state index contributed by atoms with van der Waals surface area (Å²) in [5.41, 5.74) is 5.60. The minimum Gasteiger partial charge on any atom is -0.368 e. The molecule has 1 aliphatic rings. The van der Waals surface area contributed by atoms with Crippen LogP contribution in [0.1, 0.15) is 73.1 Å². The second-order valence-electron chi connectivity index (χ2n) is 7.02. The van der Waals surface area contributed by atoms with Crippen LogP contribution in [0.2, 0.25) is 0 Å². The van der Waals surface area contributed by atoms with Gasteiger partial charge in [-0.1, -0.05) is 34.1 Å². The number of amides is 1. The smallest absolute Gasteiger partial charge is 0.237 e. The maximum absolute atomic E-state index is 11.9. The van der Waals surface area contributed by atoms with E-state index in [1.165, 1.54) is 6.42 Å². The van der Waals surface area contributed by atoms with Gasteiger partial charge in [0.25, 0.3) is 0 Å². The highest BCUT2D eigenvalue weighted by atomic mass is 16.1. The van der Waals surface area contributed by atoms with Gasteiger partial charge in [0.1, 0.15) is 0 Å². The number of nitrogens with one attached hydrogen (secondary N) is 1. The molecule has 0 radical (unpaired) electrons. The zero-order valence-electron chi connectivity index (χ0n) is 13.4. The molecule has 112 valence electrons. The van der Waals surface area contributed by atoms with E-state index in [1.807, 2.05) is 0 Å². The first-order valence-electron chi connectivity index (χ1n) is 7.85. The van der Waals surface area contributed by atoms with Gasteiger partial charge in [-0.2, -0.15) is 0 Å². The van der Waals surface area contributed by atoms with Gasteiger partial charge < -0.3 is 11.1 Å². The van der Waals surface area contributed by atoms with Crippen LogP contribution in [0.5, 0.6) is 0 Å². The van der Waals surface area contributed by atoms with Gasteiger partial charge >= 0.3 is 0 Å². The summed E-state index contributed by atoms with van der Waals surface area (Å²) in [6.45, 7) is 11.2. The SMILES string of the molecule is CCC(C)NC1(C(N)=O)CCC(C(C)(C)CC)CC1. The molecule has 0 aliphatic heterocycles. The minimum absolute atomic E-state index is 0.166. The van der Waals surface area contributed by atoms with Crippen LogP contribution in [-0.2, 0) is 4.79 Å². The molecule has 0 spiro atoms. The van der Waals surface area contributed by atoms with Gasteiger partial charge in [-0.3, -0.25) is 4.79 Å². The third kappa shape index (κ3) is 3.71. The van der Waals surface area contributed by atoms with Gasteiger partial charge in [-0.25, -0.2) is 0 Å². The van der Waals surface area contributed by atoms with E-state index in [2.05, 4.69) is 39.9 Å². The van der Waals surface area contributed by atoms with Crippen LogP contribution in [0.3, 0.4) is 0 Å². The van der Waals surface area contributed by atoms with E-state index in [-0.39, 0.29) is 5.91 Å². The lowest BCUT2D eigenvalue weighted by atomic mass is 9.65. The zero-order valence-corrected chi connectivity index (χ0v) is 13.4. The Hall–Kier alpha value is -0.570. The third-order valence-corrected chi connectivity index (χ3v) is 5.46. The summed E-state index contributed by atoms with van der Waals surface area (Å²) in [5.74, 6) is 0.546. The maximum atomic E-state index is 11.9. The number of hydrogen-bond donors (Lipinski definition) is 2. The van der Waals surface area contributed by atoms with Gasteiger partial charge in [-0.05, 0) is 50.4 Å². The quantitative estimate of drug-likeness (QED) is 0.777. The molecule has 0 aromatic carbocycles. The standard InChI is InChI=1S/C16H32N2O/c1-6-12(3)18-16(14(17)19)10-8-13(9-11-16)15(4,5)7-2/h12-13,18H,6-11H2,1-5H3,(H2,17,19). The van der Waals surface area contributed by atoms with Crippen molar-refractivity contribution in [1.29, 1.82) is 0 Å². The topological polar surface area (TPSA) is 55.1 Å². The summed E-state index contributed by atoms with van der Waals surface area (Å²) in [5, 5.41) is 3.50. The molecule has 1 unspecified atom stereocenters. The highest BCUT2D eigenvalue weighted by Crippen LogP contribution is 2.43. The van der Waals surface area contributed by atoms with Gasteiger partial charge in [0.05, 0.1) is 5.54 Å². The predicted octanol–water partition coefficient (Wildman–Crippen LogP) is 3.23. The number of primary amides is 1. The second-order valence-corrected chi connectivity index (χ2v) is 7.02. The van der Waals surface area contributed by atoms with Crippen LogP contribution in [0.15, 0.2) is 0 Å². The van der Waals surface area contributed by atoms with E-state index in [4.69, 9.17) is 5.73 Å². The molecule has 1 amide bonds. The van der Waals surface area contributed by atoms with Crippen molar-refractivity contribution < 1.29 is 4.79 Å². The van der Waals surface area contributed by atoms with Gasteiger partial charge in [-0.15, -0.1) is 0 Å². The van der Waals surface area contributed by atoms with Gasteiger partial charge in [0.2, 0.25) is 5.91 Å². The molecule has 1 aliphatic carbocycles. The molecule has 0 bridgehead atoms. The van der Waals surface area contributed by atoms with E-state index in [9.17, 15) is 4.79 Å². The molecule has 1 rings (SSSR count). The van der Waals surface area contributed by atoms with Crippen molar-refractivity contribution in [2.75, 3.05) is 0 Å². The largest absolute Gasteiger partial charge is 0.368 e. The predicted molar refractivity (Wildman–Crippen MR) is 80.8 cm³/mol. The molecule has 0 saturated heterocycles. The minimum atomic E-state index is -0.463. The molecule has 3 heteroatoms. The molecule has 3 nitrogen and oxygen atoms in total. The average Bonchev–Trinajstić information content (AvgIpc) is 2.39. The van der Waals surface area contributed by atoms with Crippen LogP contribution in [-0.4, -0.2) is 17.5 Å². The zero-order chi connectivity index (χ0) is 14.7. The molecule has 1 fully saturated rings. The molecular formula is C16H32N2O. The summed E-state index contributed by atoms with van der Waals surface area (Å²) in [6, 6.07) is 0.350. The van der Waals surface area contributed by atoms with E-state index in [0.29, 0.717) is 17.4 Å². The first kappa shape index (κ1) is 16.5. The Kier molecular flexibility index (Phi) is 5.43. The Bertz CT molecular complexity index is 304. The summed E-state index contributed by atoms with van der Waals surface area (Å²) >= 11 is 0. The molecular weight excluding hydrogens is 236 g/mol. The average molecular weight is 268 g/mol. The van der Waals surface area contributed by atoms with Crippen molar-refractivity contribution >= 4 is 5.91 Å². The molecule has 19 heavy (non-hydrogen) atoms. The fourth-order valence-electron chi connectivity index (χ4n) is 3.22. The van der Waals surface area contributed by atoms with Crippen LogP contribution in [0.25, 0.3) is 0 Å². The van der Waals surface area contributed by atoms with Crippen LogP contribution < -0.4 is 11.1 Å². The summed E-state index contributed by atoms with van der Waals surface area (Å²) in [7, 11) is 0. The lowest BCUT2D eigenvalue weighted by Crippen LogP contribution is -2.60. The van der Waals surface area contributed by atoms with Crippen molar-refractivity contribution in [3.8, 4) is 0 Å². The Morgan fingerprint density at radius 3 is 2.26 bits per heavy atom. The Labute approximate surface area is 118 Å². The molecule has 0 aromatic rings. The van der Waals surface area contributed by atoms with E-state index >= 15 is 0 Å². The lowest BCUT2D eigenvalue weighted by Gasteiger charge is -2.45. The number of carbonyl (C=O) groups excluding carboxylic acids is 1. The normalized spacial score (nSPS) is 30.1. The van der Waals surface area contributed by atoms with E-state index in [1.54, 1.807) is 0 Å². The van der Waals surface area contributed by atoms with E-state index in [0.717, 1.165) is 32.1 Å². The van der Waals surface area contributed by atoms with Crippen molar-refractivity contribution in [3.05, 3.63) is 0 Å². The third-order valence-electron chi connectivity index (χ3n) is 5.46. The molecule has 0 heterocycles. The van der Waals surface area contributed by atoms with Crippen LogP contribution in [0.4, 0.5) is 0 Å². The van der Waals surface area contributed by atoms with Crippen LogP contribution >= 0.6 is 0 Å². The molecule has 3 N–H and O–H groups in total. The number of rotatable bonds is 6. The Morgan fingerprint density at radius 1 is 1.37 bits per heavy atom. The first-order valence-corrected chi connectivity index (χ1v) is 7.85. The Morgan fingerprint density at radius 2 is 1.89 bits per heavy atom. The molecule has 1 atom stereocenters. The highest BCUT2D eigenvalue weighted by Gasteiger charge is 2.43. The van der Waals surface area contributed by atoms with Crippen molar-refractivity contribution in [2.24, 2.45) is 17.1 Å². The van der Waals surface area contributed by atoms with Crippen molar-refractivity contribution in [1.82, 2.24) is 5.32 Å². The monoisotopic (exact) mass is 268 g/mol. The maximum Gasteiger partial charge on any atom is 0.237 e. The van der Waals surface area contributed by atoms with Gasteiger partial charge in [0, 0.05) is 6.04 Å². The van der Waals surface area contributed by atoms with Crippen molar-refractivity contribution in [3.63, 3.8) is 0 Å². The Balaban J connectivity index is 2.73. The van der Waals surface area contributed by atoms with Crippen molar-refractivity contribution in [2.45, 2.75) is 84.7 Å². The van der Waals surface area contributed by atoms with Gasteiger partial charge in [0.15, 0.2) is 0 Å². The highest BCUT2D eigenvalue weighted by molar-refractivity contribution is 5.84.